The van der Waals surface area contributed by atoms with E-state index in [1.807, 2.05) is 30.3 Å². The number of carbonyl (C=O) groups is 1. The summed E-state index contributed by atoms with van der Waals surface area (Å²) in [6, 6.07) is 9.36. The summed E-state index contributed by atoms with van der Waals surface area (Å²) in [5.41, 5.74) is 1.03. The summed E-state index contributed by atoms with van der Waals surface area (Å²) >= 11 is 0. The van der Waals surface area contributed by atoms with Crippen molar-refractivity contribution in [2.24, 2.45) is 0 Å². The molecule has 0 atom stereocenters. The molecule has 0 saturated carbocycles. The molecule has 0 saturated heterocycles. The van der Waals surface area contributed by atoms with Gasteiger partial charge in [0.05, 0.1) is 0 Å². The Kier molecular flexibility index (Phi) is 6.81. The van der Waals surface area contributed by atoms with Crippen molar-refractivity contribution in [1.82, 2.24) is 0 Å². The van der Waals surface area contributed by atoms with Gasteiger partial charge in [-0.1, -0.05) is 30.3 Å². The molecule has 0 amide bonds. The molecule has 1 aromatic carbocycles. The third kappa shape index (κ3) is 5.83. The average Bonchev–Trinajstić information content (AvgIpc) is 2.45. The smallest absolute Gasteiger partial charge is 0.332 e. The number of rotatable bonds is 10. The first kappa shape index (κ1) is 17.6. The van der Waals surface area contributed by atoms with Crippen LogP contribution in [0, 0.1) is 0 Å². The van der Waals surface area contributed by atoms with E-state index in [2.05, 4.69) is 4.74 Å². The van der Waals surface area contributed by atoms with Crippen molar-refractivity contribution in [3.05, 3.63) is 35.9 Å². The fourth-order valence-electron chi connectivity index (χ4n) is 1.75. The third-order valence-electron chi connectivity index (χ3n) is 2.99. The maximum absolute atomic E-state index is 13.3. The van der Waals surface area contributed by atoms with E-state index in [0.29, 0.717) is 12.8 Å². The predicted octanol–water partition coefficient (Wildman–Crippen LogP) is 3.89. The Bertz CT molecular complexity index is 421. The van der Waals surface area contributed by atoms with E-state index in [4.69, 9.17) is 0 Å². The number of alkyl halides is 4. The summed E-state index contributed by atoms with van der Waals surface area (Å²) in [5.74, 6) is -8.49. The van der Waals surface area contributed by atoms with Gasteiger partial charge < -0.3 is 9.53 Å². The lowest BCUT2D eigenvalue weighted by Crippen LogP contribution is -2.44. The molecule has 0 fully saturated rings. The predicted molar refractivity (Wildman–Crippen MR) is 70.8 cm³/mol. The van der Waals surface area contributed by atoms with Crippen LogP contribution >= 0.6 is 0 Å². The number of hydrogen-bond acceptors (Lipinski definition) is 2. The van der Waals surface area contributed by atoms with Gasteiger partial charge in [0.25, 0.3) is 0 Å². The van der Waals surface area contributed by atoms with Crippen molar-refractivity contribution in [1.29, 1.82) is 0 Å². The van der Waals surface area contributed by atoms with Gasteiger partial charge >= 0.3 is 11.8 Å². The van der Waals surface area contributed by atoms with E-state index in [0.717, 1.165) is 5.56 Å². The minimum absolute atomic E-state index is 0.0196. The van der Waals surface area contributed by atoms with Crippen molar-refractivity contribution in [2.45, 2.75) is 37.5 Å². The minimum Gasteiger partial charge on any atom is -0.375 e. The van der Waals surface area contributed by atoms with Crippen molar-refractivity contribution in [2.75, 3.05) is 13.2 Å². The lowest BCUT2D eigenvalue weighted by molar-refractivity contribution is -0.234. The van der Waals surface area contributed by atoms with Crippen LogP contribution in [0.25, 0.3) is 0 Å². The van der Waals surface area contributed by atoms with Gasteiger partial charge in [-0.2, -0.15) is 17.6 Å². The summed E-state index contributed by atoms with van der Waals surface area (Å²) in [6.45, 7) is -1.36. The Labute approximate surface area is 121 Å². The monoisotopic (exact) mass is 306 g/mol. The molecule has 0 unspecified atom stereocenters. The fourth-order valence-corrected chi connectivity index (χ4v) is 1.75. The molecule has 0 heterocycles. The van der Waals surface area contributed by atoms with Gasteiger partial charge in [0, 0.05) is 19.4 Å². The Hall–Kier alpha value is -1.43. The summed E-state index contributed by atoms with van der Waals surface area (Å²) in [5, 5.41) is 0. The number of benzene rings is 1. The van der Waals surface area contributed by atoms with E-state index in [1.54, 1.807) is 0 Å². The van der Waals surface area contributed by atoms with Gasteiger partial charge in [0.1, 0.15) is 12.9 Å². The number of hydrogen-bond donors (Lipinski definition) is 0. The van der Waals surface area contributed by atoms with Gasteiger partial charge in [-0.15, -0.1) is 0 Å². The number of carbonyl (C=O) groups excluding carboxylic acids is 1. The molecule has 118 valence electrons. The van der Waals surface area contributed by atoms with Gasteiger partial charge in [0.2, 0.25) is 0 Å². The lowest BCUT2D eigenvalue weighted by atomic mass is 10.1. The second-order valence-electron chi connectivity index (χ2n) is 4.76. The molecular formula is C15H18F4O2. The van der Waals surface area contributed by atoms with Gasteiger partial charge in [-0.25, -0.2) is 0 Å². The average molecular weight is 306 g/mol. The summed E-state index contributed by atoms with van der Waals surface area (Å²) < 4.78 is 57.6. The molecule has 0 aliphatic rings. The SMILES string of the molecule is O=CCCC(F)(F)C(F)(F)COCCCc1ccccc1. The molecular weight excluding hydrogens is 288 g/mol. The van der Waals surface area contributed by atoms with Crippen molar-refractivity contribution >= 4 is 6.29 Å². The molecule has 1 rings (SSSR count). The van der Waals surface area contributed by atoms with Crippen molar-refractivity contribution < 1.29 is 27.1 Å². The molecule has 0 bridgehead atoms. The van der Waals surface area contributed by atoms with Gasteiger partial charge in [-0.3, -0.25) is 0 Å². The van der Waals surface area contributed by atoms with E-state index in [-0.39, 0.29) is 12.9 Å². The molecule has 6 heteroatoms. The first-order valence-electron chi connectivity index (χ1n) is 6.70. The highest BCUT2D eigenvalue weighted by atomic mass is 19.3. The lowest BCUT2D eigenvalue weighted by Gasteiger charge is -2.25. The third-order valence-corrected chi connectivity index (χ3v) is 2.99. The van der Waals surface area contributed by atoms with E-state index in [9.17, 15) is 22.4 Å². The Balaban J connectivity index is 2.28. The van der Waals surface area contributed by atoms with Crippen LogP contribution in [-0.2, 0) is 16.0 Å². The molecule has 0 aliphatic heterocycles. The molecule has 0 aromatic heterocycles. The van der Waals surface area contributed by atoms with Crippen molar-refractivity contribution in [3.63, 3.8) is 0 Å². The van der Waals surface area contributed by atoms with E-state index >= 15 is 0 Å². The quantitative estimate of drug-likeness (QED) is 0.372. The Morgan fingerprint density at radius 2 is 1.71 bits per heavy atom. The Morgan fingerprint density at radius 3 is 2.33 bits per heavy atom. The first-order chi connectivity index (χ1) is 9.89. The standard InChI is InChI=1S/C15H18F4O2/c16-14(17,9-5-10-20)15(18,19)12-21-11-4-8-13-6-2-1-3-7-13/h1-3,6-7,10H,4-5,8-9,11-12H2. The van der Waals surface area contributed by atoms with Crippen LogP contribution in [-0.4, -0.2) is 31.3 Å². The zero-order valence-corrected chi connectivity index (χ0v) is 11.5. The van der Waals surface area contributed by atoms with Crippen LogP contribution in [0.1, 0.15) is 24.8 Å². The summed E-state index contributed by atoms with van der Waals surface area (Å²) in [6.07, 6.45) is -0.466. The number of ether oxygens (including phenoxy) is 1. The maximum Gasteiger partial charge on any atom is 0.332 e. The first-order valence-corrected chi connectivity index (χ1v) is 6.70. The normalized spacial score (nSPS) is 12.4. The van der Waals surface area contributed by atoms with Crippen LogP contribution in [0.4, 0.5) is 17.6 Å². The maximum atomic E-state index is 13.3. The molecule has 2 nitrogen and oxygen atoms in total. The highest BCUT2D eigenvalue weighted by Gasteiger charge is 2.55. The second kappa shape index (κ2) is 8.12. The topological polar surface area (TPSA) is 26.3 Å². The fraction of sp³-hybridized carbons (Fsp3) is 0.533. The number of halogens is 4. The summed E-state index contributed by atoms with van der Waals surface area (Å²) in [4.78, 5) is 10.0. The van der Waals surface area contributed by atoms with Crippen LogP contribution in [0.3, 0.4) is 0 Å². The second-order valence-corrected chi connectivity index (χ2v) is 4.76. The van der Waals surface area contributed by atoms with Gasteiger partial charge in [0.15, 0.2) is 0 Å². The molecule has 0 N–H and O–H groups in total. The Morgan fingerprint density at radius 1 is 1.05 bits per heavy atom. The molecule has 0 spiro atoms. The number of aldehydes is 1. The number of aryl methyl sites for hydroxylation is 1. The van der Waals surface area contributed by atoms with Crippen LogP contribution < -0.4 is 0 Å². The highest BCUT2D eigenvalue weighted by Crippen LogP contribution is 2.37. The zero-order chi connectivity index (χ0) is 15.8. The van der Waals surface area contributed by atoms with E-state index in [1.165, 1.54) is 0 Å². The van der Waals surface area contributed by atoms with Crippen LogP contribution in [0.5, 0.6) is 0 Å². The molecule has 0 aliphatic carbocycles. The minimum atomic E-state index is -4.26. The van der Waals surface area contributed by atoms with Crippen LogP contribution in [0.15, 0.2) is 30.3 Å². The molecule has 0 radical (unpaired) electrons. The zero-order valence-electron chi connectivity index (χ0n) is 11.5. The summed E-state index contributed by atoms with van der Waals surface area (Å²) in [7, 11) is 0. The largest absolute Gasteiger partial charge is 0.375 e. The molecule has 1 aromatic rings. The van der Waals surface area contributed by atoms with Gasteiger partial charge in [-0.05, 0) is 18.4 Å². The van der Waals surface area contributed by atoms with E-state index < -0.39 is 31.3 Å². The highest BCUT2D eigenvalue weighted by molar-refractivity contribution is 5.49. The van der Waals surface area contributed by atoms with Crippen molar-refractivity contribution in [3.8, 4) is 0 Å². The molecule has 21 heavy (non-hydrogen) atoms. The van der Waals surface area contributed by atoms with Crippen LogP contribution in [0.2, 0.25) is 0 Å².